The molecule has 4 nitrogen and oxygen atoms in total. The SMILES string of the molecule is O=P([O-])([O-])[O-].[Mg+2].[Na+].[Na+]. The van der Waals surface area contributed by atoms with E-state index in [1.165, 1.54) is 0 Å². The van der Waals surface area contributed by atoms with Crippen LogP contribution in [0.3, 0.4) is 0 Å². The van der Waals surface area contributed by atoms with Gasteiger partial charge in [-0.15, -0.1) is 0 Å². The molecule has 0 N–H and O–H groups in total. The summed E-state index contributed by atoms with van der Waals surface area (Å²) in [6.45, 7) is 0. The maximum atomic E-state index is 8.55. The van der Waals surface area contributed by atoms with Crippen molar-refractivity contribution in [2.24, 2.45) is 0 Å². The van der Waals surface area contributed by atoms with Gasteiger partial charge in [-0.25, -0.2) is 0 Å². The van der Waals surface area contributed by atoms with Gasteiger partial charge in [-0.1, -0.05) is 0 Å². The molecule has 0 unspecified atom stereocenters. The van der Waals surface area contributed by atoms with E-state index in [2.05, 4.69) is 0 Å². The van der Waals surface area contributed by atoms with Crippen LogP contribution in [-0.4, -0.2) is 23.1 Å². The van der Waals surface area contributed by atoms with E-state index in [1.54, 1.807) is 0 Å². The largest absolute Gasteiger partial charge is 2.00 e. The predicted octanol–water partition coefficient (Wildman–Crippen LogP) is -9.20. The summed E-state index contributed by atoms with van der Waals surface area (Å²) in [5.41, 5.74) is 0. The summed E-state index contributed by atoms with van der Waals surface area (Å²) >= 11 is 0. The van der Waals surface area contributed by atoms with E-state index in [1.807, 2.05) is 0 Å². The average molecular weight is 165 g/mol. The van der Waals surface area contributed by atoms with E-state index >= 15 is 0 Å². The molecule has 0 rings (SSSR count). The van der Waals surface area contributed by atoms with Crippen molar-refractivity contribution < 1.29 is 78.4 Å². The fourth-order valence-electron chi connectivity index (χ4n) is 0. The summed E-state index contributed by atoms with van der Waals surface area (Å²) in [6, 6.07) is 0. The zero-order chi connectivity index (χ0) is 4.50. The summed E-state index contributed by atoms with van der Waals surface area (Å²) in [5.74, 6) is 0. The molecule has 0 saturated carbocycles. The van der Waals surface area contributed by atoms with Crippen LogP contribution in [0.2, 0.25) is 0 Å². The first-order chi connectivity index (χ1) is 2.00. The number of hydrogen-bond acceptors (Lipinski definition) is 4. The number of phosphoric acid groups is 1. The second-order valence-electron chi connectivity index (χ2n) is 0.447. The molecule has 0 radical (unpaired) electrons. The van der Waals surface area contributed by atoms with Crippen molar-refractivity contribution in [3.8, 4) is 0 Å². The van der Waals surface area contributed by atoms with Crippen molar-refractivity contribution in [2.75, 3.05) is 0 Å². The van der Waals surface area contributed by atoms with Crippen LogP contribution in [0.4, 0.5) is 0 Å². The van der Waals surface area contributed by atoms with Gasteiger partial charge < -0.3 is 19.2 Å². The molecule has 0 spiro atoms. The minimum Gasteiger partial charge on any atom is -0.822 e. The smallest absolute Gasteiger partial charge is 0.822 e. The molecular formula is MgNa2O4P+. The first kappa shape index (κ1) is 22.4. The van der Waals surface area contributed by atoms with Crippen molar-refractivity contribution in [1.29, 1.82) is 0 Å². The van der Waals surface area contributed by atoms with Crippen molar-refractivity contribution in [3.63, 3.8) is 0 Å². The zero-order valence-electron chi connectivity index (χ0n) is 4.79. The van der Waals surface area contributed by atoms with E-state index in [-0.39, 0.29) is 82.2 Å². The number of rotatable bonds is 0. The standard InChI is InChI=1S/Mg.2Na.H3O4P/c;;;1-5(2,3)4/h;;;(H3,1,2,3,4)/q+2;2*+1;/p-3. The Morgan fingerprint density at radius 2 is 1.00 bits per heavy atom. The molecule has 32 valence electrons. The predicted molar refractivity (Wildman–Crippen MR) is 13.4 cm³/mol. The van der Waals surface area contributed by atoms with Crippen LogP contribution < -0.4 is 73.8 Å². The summed E-state index contributed by atoms with van der Waals surface area (Å²) in [6.07, 6.45) is 0. The van der Waals surface area contributed by atoms with Crippen LogP contribution in [0, 0.1) is 0 Å². The molecule has 0 bridgehead atoms. The van der Waals surface area contributed by atoms with E-state index < -0.39 is 7.82 Å². The molecule has 0 heterocycles. The Morgan fingerprint density at radius 1 is 1.00 bits per heavy atom. The third-order valence-electron chi connectivity index (χ3n) is 0. The van der Waals surface area contributed by atoms with Gasteiger partial charge in [-0.2, -0.15) is 7.82 Å². The first-order valence-electron chi connectivity index (χ1n) is 0.730. The monoisotopic (exact) mass is 165 g/mol. The molecule has 0 fully saturated rings. The summed E-state index contributed by atoms with van der Waals surface area (Å²) in [4.78, 5) is 25.6. The van der Waals surface area contributed by atoms with E-state index in [9.17, 15) is 0 Å². The van der Waals surface area contributed by atoms with Crippen LogP contribution in [0.15, 0.2) is 0 Å². The Kier molecular flexibility index (Phi) is 27.7. The molecule has 0 atom stereocenters. The van der Waals surface area contributed by atoms with Gasteiger partial charge in [0.2, 0.25) is 0 Å². The van der Waals surface area contributed by atoms with Gasteiger partial charge in [0.05, 0.1) is 0 Å². The van der Waals surface area contributed by atoms with E-state index in [0.717, 1.165) is 0 Å². The first-order valence-corrected chi connectivity index (χ1v) is 2.19. The Hall–Kier alpha value is 2.88. The quantitative estimate of drug-likeness (QED) is 0.263. The van der Waals surface area contributed by atoms with Crippen molar-refractivity contribution >= 4 is 30.9 Å². The van der Waals surface area contributed by atoms with Crippen molar-refractivity contribution in [2.45, 2.75) is 0 Å². The van der Waals surface area contributed by atoms with Gasteiger partial charge in [0, 0.05) is 0 Å². The van der Waals surface area contributed by atoms with Gasteiger partial charge in [0.1, 0.15) is 0 Å². The topological polar surface area (TPSA) is 86.2 Å². The van der Waals surface area contributed by atoms with Gasteiger partial charge in [0.15, 0.2) is 0 Å². The van der Waals surface area contributed by atoms with Gasteiger partial charge in [0.25, 0.3) is 0 Å². The molecule has 8 heavy (non-hydrogen) atoms. The van der Waals surface area contributed by atoms with Crippen molar-refractivity contribution in [1.82, 2.24) is 0 Å². The van der Waals surface area contributed by atoms with Crippen LogP contribution in [-0.2, 0) is 4.57 Å². The molecule has 0 aliphatic rings. The Bertz CT molecular complexity index is 60.2. The Morgan fingerprint density at radius 3 is 1.00 bits per heavy atom. The third kappa shape index (κ3) is 66.6. The van der Waals surface area contributed by atoms with Crippen LogP contribution >= 0.6 is 7.82 Å². The van der Waals surface area contributed by atoms with Gasteiger partial charge >= 0.3 is 82.2 Å². The molecule has 0 aromatic carbocycles. The van der Waals surface area contributed by atoms with Crippen LogP contribution in [0.5, 0.6) is 0 Å². The summed E-state index contributed by atoms with van der Waals surface area (Å²) < 4.78 is 8.55. The number of hydrogen-bond donors (Lipinski definition) is 0. The Labute approximate surface area is 107 Å². The molecule has 0 aliphatic carbocycles. The molecular weight excluding hydrogens is 165 g/mol. The molecule has 0 aliphatic heterocycles. The summed E-state index contributed by atoms with van der Waals surface area (Å²) in [5, 5.41) is 0. The second kappa shape index (κ2) is 9.88. The van der Waals surface area contributed by atoms with Crippen LogP contribution in [0.25, 0.3) is 0 Å². The molecule has 0 amide bonds. The maximum absolute atomic E-state index is 8.55. The van der Waals surface area contributed by atoms with Crippen LogP contribution in [0.1, 0.15) is 0 Å². The normalized spacial score (nSPS) is 7.38. The maximum Gasteiger partial charge on any atom is 2.00 e. The summed E-state index contributed by atoms with van der Waals surface area (Å²) in [7, 11) is -5.39. The Balaban J connectivity index is -0.0000000267. The molecule has 8 heteroatoms. The molecule has 0 aromatic rings. The third-order valence-corrected chi connectivity index (χ3v) is 0. The van der Waals surface area contributed by atoms with Gasteiger partial charge in [-0.3, -0.25) is 0 Å². The van der Waals surface area contributed by atoms with E-state index in [0.29, 0.717) is 0 Å². The second-order valence-corrected chi connectivity index (χ2v) is 1.34. The molecule has 0 aromatic heterocycles. The minimum absolute atomic E-state index is 0. The van der Waals surface area contributed by atoms with Gasteiger partial charge in [-0.05, 0) is 0 Å². The fourth-order valence-corrected chi connectivity index (χ4v) is 0. The fraction of sp³-hybridized carbons (Fsp3) is 0. The van der Waals surface area contributed by atoms with Crippen molar-refractivity contribution in [3.05, 3.63) is 0 Å². The molecule has 0 saturated heterocycles. The average Bonchev–Trinajstić information content (AvgIpc) is 0.722. The van der Waals surface area contributed by atoms with E-state index in [4.69, 9.17) is 19.2 Å². The minimum atomic E-state index is -5.39. The zero-order valence-corrected chi connectivity index (χ0v) is 11.1.